The summed E-state index contributed by atoms with van der Waals surface area (Å²) in [7, 11) is 0. The van der Waals surface area contributed by atoms with Crippen molar-refractivity contribution in [2.24, 2.45) is 0 Å². The van der Waals surface area contributed by atoms with E-state index in [2.05, 4.69) is 4.98 Å². The number of benzene rings is 2. The number of para-hydroxylation sites is 3. The van der Waals surface area contributed by atoms with E-state index in [1.165, 1.54) is 0 Å². The first-order chi connectivity index (χ1) is 13.2. The van der Waals surface area contributed by atoms with E-state index in [9.17, 15) is 9.59 Å². The number of aromatic nitrogens is 1. The number of aryl methyl sites for hydroxylation is 2. The maximum Gasteiger partial charge on any atom is 0.306 e. The van der Waals surface area contributed by atoms with Crippen LogP contribution in [0.2, 0.25) is 0 Å². The van der Waals surface area contributed by atoms with E-state index in [0.717, 1.165) is 29.6 Å². The molecule has 0 bridgehead atoms. The highest BCUT2D eigenvalue weighted by molar-refractivity contribution is 5.96. The number of ether oxygens (including phenoxy) is 1. The van der Waals surface area contributed by atoms with Crippen molar-refractivity contribution in [3.05, 3.63) is 60.0 Å². The van der Waals surface area contributed by atoms with Crippen molar-refractivity contribution in [3.63, 3.8) is 0 Å². The van der Waals surface area contributed by atoms with Crippen LogP contribution < -0.4 is 4.90 Å². The summed E-state index contributed by atoms with van der Waals surface area (Å²) in [4.78, 5) is 30.5. The van der Waals surface area contributed by atoms with E-state index < -0.39 is 5.97 Å². The standard InChI is InChI=1S/C21H20N2O4/c24-20(23-13-5-7-15-6-1-3-9-17(15)23)14-26-21(25)12-11-19-22-16-8-2-4-10-18(16)27-19/h1-4,6,8-10H,5,7,11-14H2. The lowest BCUT2D eigenvalue weighted by molar-refractivity contribution is -0.147. The van der Waals surface area contributed by atoms with E-state index >= 15 is 0 Å². The molecule has 0 N–H and O–H groups in total. The molecule has 2 aromatic carbocycles. The molecule has 0 radical (unpaired) electrons. The summed E-state index contributed by atoms with van der Waals surface area (Å²) >= 11 is 0. The molecular formula is C21H20N2O4. The molecule has 3 aromatic rings. The Bertz CT molecular complexity index is 946. The Balaban J connectivity index is 1.30. The second-order valence-corrected chi connectivity index (χ2v) is 6.51. The van der Waals surface area contributed by atoms with Crippen molar-refractivity contribution in [3.8, 4) is 0 Å². The molecule has 1 amide bonds. The lowest BCUT2D eigenvalue weighted by Gasteiger charge is -2.29. The number of carbonyl (C=O) groups excluding carboxylic acids is 2. The van der Waals surface area contributed by atoms with Crippen molar-refractivity contribution < 1.29 is 18.7 Å². The number of fused-ring (bicyclic) bond motifs is 2. The van der Waals surface area contributed by atoms with Gasteiger partial charge in [-0.05, 0) is 36.6 Å². The lowest BCUT2D eigenvalue weighted by atomic mass is 10.0. The lowest BCUT2D eigenvalue weighted by Crippen LogP contribution is -2.38. The molecule has 0 atom stereocenters. The van der Waals surface area contributed by atoms with E-state index in [1.807, 2.05) is 48.5 Å². The summed E-state index contributed by atoms with van der Waals surface area (Å²) in [6.07, 6.45) is 2.34. The van der Waals surface area contributed by atoms with Gasteiger partial charge in [0.25, 0.3) is 5.91 Å². The molecule has 1 aromatic heterocycles. The number of nitrogens with zero attached hydrogens (tertiary/aromatic N) is 2. The fraction of sp³-hybridized carbons (Fsp3) is 0.286. The van der Waals surface area contributed by atoms with Gasteiger partial charge in [-0.15, -0.1) is 0 Å². The van der Waals surface area contributed by atoms with Gasteiger partial charge in [0.1, 0.15) is 5.52 Å². The Morgan fingerprint density at radius 3 is 2.81 bits per heavy atom. The number of hydrogen-bond donors (Lipinski definition) is 0. The van der Waals surface area contributed by atoms with Crippen LogP contribution in [-0.2, 0) is 27.2 Å². The van der Waals surface area contributed by atoms with Crippen LogP contribution in [0.1, 0.15) is 24.3 Å². The highest BCUT2D eigenvalue weighted by Crippen LogP contribution is 2.26. The highest BCUT2D eigenvalue weighted by Gasteiger charge is 2.23. The predicted molar refractivity (Wildman–Crippen MR) is 100 cm³/mol. The normalized spacial score (nSPS) is 13.4. The van der Waals surface area contributed by atoms with Gasteiger partial charge in [0, 0.05) is 18.7 Å². The average Bonchev–Trinajstić information content (AvgIpc) is 3.13. The van der Waals surface area contributed by atoms with Crippen molar-refractivity contribution in [1.29, 1.82) is 0 Å². The maximum atomic E-state index is 12.5. The number of oxazole rings is 1. The zero-order chi connectivity index (χ0) is 18.6. The molecule has 138 valence electrons. The van der Waals surface area contributed by atoms with Crippen LogP contribution in [0.5, 0.6) is 0 Å². The molecule has 6 nitrogen and oxygen atoms in total. The molecule has 1 aliphatic heterocycles. The third-order valence-corrected chi connectivity index (χ3v) is 4.65. The number of amides is 1. The van der Waals surface area contributed by atoms with Crippen LogP contribution in [0, 0.1) is 0 Å². The Morgan fingerprint density at radius 1 is 1.11 bits per heavy atom. The molecule has 0 saturated heterocycles. The largest absolute Gasteiger partial charge is 0.456 e. The second kappa shape index (κ2) is 7.61. The molecule has 0 aliphatic carbocycles. The Hall–Kier alpha value is -3.15. The van der Waals surface area contributed by atoms with E-state index in [-0.39, 0.29) is 18.9 Å². The minimum Gasteiger partial charge on any atom is -0.456 e. The van der Waals surface area contributed by atoms with Crippen molar-refractivity contribution >= 4 is 28.7 Å². The highest BCUT2D eigenvalue weighted by atomic mass is 16.5. The summed E-state index contributed by atoms with van der Waals surface area (Å²) < 4.78 is 10.8. The first kappa shape index (κ1) is 17.3. The van der Waals surface area contributed by atoms with Crippen LogP contribution >= 0.6 is 0 Å². The van der Waals surface area contributed by atoms with Gasteiger partial charge in [0.2, 0.25) is 0 Å². The van der Waals surface area contributed by atoms with Gasteiger partial charge in [-0.25, -0.2) is 4.98 Å². The van der Waals surface area contributed by atoms with Crippen LogP contribution in [0.3, 0.4) is 0 Å². The van der Waals surface area contributed by atoms with Gasteiger partial charge in [0.05, 0.1) is 6.42 Å². The fourth-order valence-electron chi connectivity index (χ4n) is 3.32. The number of anilines is 1. The summed E-state index contributed by atoms with van der Waals surface area (Å²) in [5.74, 6) is -0.141. The van der Waals surface area contributed by atoms with E-state index in [0.29, 0.717) is 24.4 Å². The summed E-state index contributed by atoms with van der Waals surface area (Å²) in [5, 5.41) is 0. The third kappa shape index (κ3) is 3.84. The topological polar surface area (TPSA) is 72.6 Å². The van der Waals surface area contributed by atoms with Crippen LogP contribution in [0.25, 0.3) is 11.1 Å². The molecule has 6 heteroatoms. The minimum absolute atomic E-state index is 0.122. The number of esters is 1. The average molecular weight is 364 g/mol. The summed E-state index contributed by atoms with van der Waals surface area (Å²) in [6, 6.07) is 15.3. The SMILES string of the molecule is O=C(CCc1nc2ccccc2o1)OCC(=O)N1CCCc2ccccc21. The quantitative estimate of drug-likeness (QED) is 0.650. The molecular weight excluding hydrogens is 344 g/mol. The Kier molecular flexibility index (Phi) is 4.87. The van der Waals surface area contributed by atoms with Crippen molar-refractivity contribution in [2.75, 3.05) is 18.1 Å². The van der Waals surface area contributed by atoms with Gasteiger partial charge in [-0.1, -0.05) is 30.3 Å². The predicted octanol–water partition coefficient (Wildman–Crippen LogP) is 3.28. The molecule has 0 saturated carbocycles. The van der Waals surface area contributed by atoms with Crippen LogP contribution in [-0.4, -0.2) is 30.0 Å². The maximum absolute atomic E-state index is 12.5. The summed E-state index contributed by atoms with van der Waals surface area (Å²) in [6.45, 7) is 0.400. The molecule has 2 heterocycles. The van der Waals surface area contributed by atoms with Crippen molar-refractivity contribution in [2.45, 2.75) is 25.7 Å². The monoisotopic (exact) mass is 364 g/mol. The first-order valence-corrected chi connectivity index (χ1v) is 9.09. The molecule has 1 aliphatic rings. The Labute approximate surface area is 156 Å². The van der Waals surface area contributed by atoms with Gasteiger partial charge < -0.3 is 14.1 Å². The number of carbonyl (C=O) groups is 2. The third-order valence-electron chi connectivity index (χ3n) is 4.65. The first-order valence-electron chi connectivity index (χ1n) is 9.09. The van der Waals surface area contributed by atoms with Crippen molar-refractivity contribution in [1.82, 2.24) is 4.98 Å². The molecule has 0 unspecified atom stereocenters. The van der Waals surface area contributed by atoms with E-state index in [1.54, 1.807) is 4.90 Å². The molecule has 4 rings (SSSR count). The Morgan fingerprint density at radius 2 is 1.93 bits per heavy atom. The number of rotatable bonds is 5. The van der Waals surface area contributed by atoms with Crippen LogP contribution in [0.15, 0.2) is 52.9 Å². The molecule has 0 spiro atoms. The summed E-state index contributed by atoms with van der Waals surface area (Å²) in [5.41, 5.74) is 3.52. The molecule has 0 fully saturated rings. The minimum atomic E-state index is -0.434. The van der Waals surface area contributed by atoms with Gasteiger partial charge in [-0.3, -0.25) is 9.59 Å². The molecule has 27 heavy (non-hydrogen) atoms. The van der Waals surface area contributed by atoms with Crippen LogP contribution in [0.4, 0.5) is 5.69 Å². The second-order valence-electron chi connectivity index (χ2n) is 6.51. The zero-order valence-corrected chi connectivity index (χ0v) is 14.9. The smallest absolute Gasteiger partial charge is 0.306 e. The van der Waals surface area contributed by atoms with Gasteiger partial charge in [-0.2, -0.15) is 0 Å². The fourth-order valence-corrected chi connectivity index (χ4v) is 3.32. The van der Waals surface area contributed by atoms with Gasteiger partial charge in [0.15, 0.2) is 18.1 Å². The van der Waals surface area contributed by atoms with Gasteiger partial charge >= 0.3 is 5.97 Å². The zero-order valence-electron chi connectivity index (χ0n) is 14.9. The van der Waals surface area contributed by atoms with E-state index in [4.69, 9.17) is 9.15 Å². The number of hydrogen-bond acceptors (Lipinski definition) is 5.